The van der Waals surface area contributed by atoms with Gasteiger partial charge in [0, 0.05) is 18.8 Å². The zero-order valence-electron chi connectivity index (χ0n) is 13.8. The second-order valence-corrected chi connectivity index (χ2v) is 6.63. The molecule has 138 valence electrons. The van der Waals surface area contributed by atoms with Crippen molar-refractivity contribution in [3.8, 4) is 5.82 Å². The third-order valence-electron chi connectivity index (χ3n) is 4.89. The minimum atomic E-state index is -3.18. The molecule has 0 aromatic carbocycles. The second kappa shape index (κ2) is 5.97. The third kappa shape index (κ3) is 2.61. The number of aromatic nitrogens is 4. The molecule has 1 amide bonds. The quantitative estimate of drug-likeness (QED) is 0.773. The number of alkyl halides is 2. The molecule has 1 saturated carbocycles. The van der Waals surface area contributed by atoms with Crippen molar-refractivity contribution in [2.24, 2.45) is 0 Å². The average molecular weight is 364 g/mol. The van der Waals surface area contributed by atoms with E-state index in [1.165, 1.54) is 10.9 Å². The van der Waals surface area contributed by atoms with E-state index in [1.807, 2.05) is 0 Å². The molecule has 0 bridgehead atoms. The van der Waals surface area contributed by atoms with Gasteiger partial charge < -0.3 is 15.7 Å². The topological polar surface area (TPSA) is 110 Å². The lowest BCUT2D eigenvalue weighted by molar-refractivity contribution is -0.112. The summed E-state index contributed by atoms with van der Waals surface area (Å²) < 4.78 is 30.6. The highest BCUT2D eigenvalue weighted by atomic mass is 19.3. The van der Waals surface area contributed by atoms with Crippen molar-refractivity contribution in [3.05, 3.63) is 29.7 Å². The van der Waals surface area contributed by atoms with E-state index in [0.29, 0.717) is 12.8 Å². The van der Waals surface area contributed by atoms with Gasteiger partial charge in [0.2, 0.25) is 5.95 Å². The summed E-state index contributed by atoms with van der Waals surface area (Å²) in [4.78, 5) is 22.1. The van der Waals surface area contributed by atoms with Gasteiger partial charge in [0.25, 0.3) is 11.8 Å². The molecule has 0 saturated heterocycles. The van der Waals surface area contributed by atoms with Crippen molar-refractivity contribution < 1.29 is 18.7 Å². The zero-order valence-corrected chi connectivity index (χ0v) is 13.8. The lowest BCUT2D eigenvalue weighted by Crippen LogP contribution is -2.54. The average Bonchev–Trinajstić information content (AvgIpc) is 3.17. The van der Waals surface area contributed by atoms with Crippen molar-refractivity contribution in [3.63, 3.8) is 0 Å². The molecule has 2 aliphatic rings. The Bertz CT molecular complexity index is 842. The Morgan fingerprint density at radius 1 is 1.31 bits per heavy atom. The van der Waals surface area contributed by atoms with Crippen LogP contribution in [0.2, 0.25) is 0 Å². The molecule has 1 aliphatic carbocycles. The first-order valence-corrected chi connectivity index (χ1v) is 8.42. The van der Waals surface area contributed by atoms with Crippen LogP contribution in [0.25, 0.3) is 5.82 Å². The van der Waals surface area contributed by atoms with Crippen molar-refractivity contribution >= 4 is 11.9 Å². The number of nitrogens with two attached hydrogens (primary N) is 1. The number of halogens is 2. The van der Waals surface area contributed by atoms with Crippen molar-refractivity contribution in [1.29, 1.82) is 0 Å². The summed E-state index contributed by atoms with van der Waals surface area (Å²) in [5.74, 6) is -3.75. The predicted octanol–water partition coefficient (Wildman–Crippen LogP) is 1.14. The molecule has 2 aromatic rings. The van der Waals surface area contributed by atoms with Crippen molar-refractivity contribution in [2.75, 3.05) is 5.73 Å². The van der Waals surface area contributed by atoms with E-state index in [4.69, 9.17) is 5.73 Å². The summed E-state index contributed by atoms with van der Waals surface area (Å²) in [5.41, 5.74) is 6.08. The number of hydrogen-bond donors (Lipinski definition) is 2. The van der Waals surface area contributed by atoms with Gasteiger partial charge in [-0.05, 0) is 18.9 Å². The molecule has 0 unspecified atom stereocenters. The number of fused-ring (bicyclic) bond motifs is 1. The van der Waals surface area contributed by atoms with Gasteiger partial charge in [-0.15, -0.1) is 0 Å². The van der Waals surface area contributed by atoms with Gasteiger partial charge in [-0.2, -0.15) is 10.1 Å². The lowest BCUT2D eigenvalue weighted by Gasteiger charge is -2.35. The first kappa shape index (κ1) is 16.8. The van der Waals surface area contributed by atoms with E-state index >= 15 is 0 Å². The minimum Gasteiger partial charge on any atom is -0.391 e. The molecular weight excluding hydrogens is 346 g/mol. The van der Waals surface area contributed by atoms with Crippen LogP contribution in [0.4, 0.5) is 14.7 Å². The summed E-state index contributed by atoms with van der Waals surface area (Å²) in [7, 11) is 0. The highest BCUT2D eigenvalue weighted by Crippen LogP contribution is 2.39. The first-order chi connectivity index (χ1) is 12.4. The number of nitrogen functional groups attached to an aromatic ring is 1. The van der Waals surface area contributed by atoms with E-state index < -0.39 is 24.0 Å². The Balaban J connectivity index is 1.78. The van der Waals surface area contributed by atoms with Crippen molar-refractivity contribution in [2.45, 2.75) is 50.3 Å². The summed E-state index contributed by atoms with van der Waals surface area (Å²) in [6.45, 7) is -0.146. The molecule has 2 aromatic heterocycles. The molecule has 26 heavy (non-hydrogen) atoms. The largest absolute Gasteiger partial charge is 0.391 e. The normalized spacial score (nSPS) is 25.2. The Hall–Kier alpha value is -2.62. The summed E-state index contributed by atoms with van der Waals surface area (Å²) >= 11 is 0. The van der Waals surface area contributed by atoms with Gasteiger partial charge in [0.1, 0.15) is 11.6 Å². The standard InChI is InChI=1S/C16H18F2N6O2/c17-16(18)5-2-1-4-10(25)12(16)23-8-9-11(14(23)26)13(22-15(19)21-9)24-7-3-6-20-24/h3,6-7,10,12,25H,1-2,4-5,8H2,(H2,19,21,22)/t10-,12-/m0/s1. The molecule has 0 spiro atoms. The van der Waals surface area contributed by atoms with Crippen LogP contribution in [0.1, 0.15) is 41.7 Å². The van der Waals surface area contributed by atoms with Crippen LogP contribution in [0.5, 0.6) is 0 Å². The molecule has 4 rings (SSSR count). The molecule has 1 fully saturated rings. The molecule has 1 aliphatic heterocycles. The van der Waals surface area contributed by atoms with Crippen LogP contribution < -0.4 is 5.73 Å². The fourth-order valence-electron chi connectivity index (χ4n) is 3.74. The van der Waals surface area contributed by atoms with Gasteiger partial charge in [-0.1, -0.05) is 6.42 Å². The molecule has 2 atom stereocenters. The van der Waals surface area contributed by atoms with Gasteiger partial charge in [0.05, 0.1) is 18.3 Å². The third-order valence-corrected chi connectivity index (χ3v) is 4.89. The molecular formula is C16H18F2N6O2. The summed E-state index contributed by atoms with van der Waals surface area (Å²) in [5, 5.41) is 14.3. The Kier molecular flexibility index (Phi) is 3.87. The van der Waals surface area contributed by atoms with E-state index in [1.54, 1.807) is 12.3 Å². The van der Waals surface area contributed by atoms with Gasteiger partial charge in [-0.25, -0.2) is 18.4 Å². The maximum absolute atomic E-state index is 14.6. The van der Waals surface area contributed by atoms with Crippen LogP contribution >= 0.6 is 0 Å². The van der Waals surface area contributed by atoms with Gasteiger partial charge >= 0.3 is 0 Å². The van der Waals surface area contributed by atoms with Crippen LogP contribution in [-0.4, -0.2) is 53.7 Å². The summed E-state index contributed by atoms with van der Waals surface area (Å²) in [6, 6.07) is 0.0452. The number of hydrogen-bond acceptors (Lipinski definition) is 6. The molecule has 0 radical (unpaired) electrons. The summed E-state index contributed by atoms with van der Waals surface area (Å²) in [6.07, 6.45) is 2.44. The monoisotopic (exact) mass is 364 g/mol. The van der Waals surface area contributed by atoms with E-state index in [-0.39, 0.29) is 42.4 Å². The number of aliphatic hydroxyl groups excluding tert-OH is 1. The smallest absolute Gasteiger partial charge is 0.270 e. The number of anilines is 1. The van der Waals surface area contributed by atoms with Crippen LogP contribution in [0.3, 0.4) is 0 Å². The van der Waals surface area contributed by atoms with Gasteiger partial charge in [-0.3, -0.25) is 4.79 Å². The Labute approximate surface area is 147 Å². The molecule has 3 heterocycles. The van der Waals surface area contributed by atoms with Crippen LogP contribution in [-0.2, 0) is 6.54 Å². The number of amides is 1. The maximum atomic E-state index is 14.6. The minimum absolute atomic E-state index is 0.0722. The van der Waals surface area contributed by atoms with Crippen LogP contribution in [0.15, 0.2) is 18.5 Å². The van der Waals surface area contributed by atoms with E-state index in [2.05, 4.69) is 15.1 Å². The number of rotatable bonds is 2. The van der Waals surface area contributed by atoms with E-state index in [0.717, 1.165) is 4.90 Å². The Morgan fingerprint density at radius 3 is 2.85 bits per heavy atom. The molecule has 10 heteroatoms. The molecule has 8 nitrogen and oxygen atoms in total. The SMILES string of the molecule is Nc1nc2c(c(-n3cccn3)n1)C(=O)N([C@H]1[C@@H](O)CCCCC1(F)F)C2. The number of nitrogens with zero attached hydrogens (tertiary/aromatic N) is 5. The van der Waals surface area contributed by atoms with Gasteiger partial charge in [0.15, 0.2) is 5.82 Å². The maximum Gasteiger partial charge on any atom is 0.270 e. The zero-order chi connectivity index (χ0) is 18.5. The highest BCUT2D eigenvalue weighted by Gasteiger charge is 2.52. The van der Waals surface area contributed by atoms with Crippen LogP contribution in [0, 0.1) is 0 Å². The van der Waals surface area contributed by atoms with Crippen molar-refractivity contribution in [1.82, 2.24) is 24.6 Å². The predicted molar refractivity (Wildman–Crippen MR) is 86.6 cm³/mol. The number of aliphatic hydroxyl groups is 1. The highest BCUT2D eigenvalue weighted by molar-refractivity contribution is 6.01. The first-order valence-electron chi connectivity index (χ1n) is 8.42. The lowest BCUT2D eigenvalue weighted by atomic mass is 10.0. The fraction of sp³-hybridized carbons (Fsp3) is 0.500. The second-order valence-electron chi connectivity index (χ2n) is 6.63. The Morgan fingerprint density at radius 2 is 2.12 bits per heavy atom. The fourth-order valence-corrected chi connectivity index (χ4v) is 3.74. The molecule has 3 N–H and O–H groups in total. The van der Waals surface area contributed by atoms with E-state index in [9.17, 15) is 18.7 Å². The number of carbonyl (C=O) groups excluding carboxylic acids is 1. The number of carbonyl (C=O) groups is 1.